The Hall–Kier alpha value is -2.53. The number of ether oxygens (including phenoxy) is 1. The summed E-state index contributed by atoms with van der Waals surface area (Å²) < 4.78 is 5.46. The van der Waals surface area contributed by atoms with Gasteiger partial charge in [-0.2, -0.15) is 0 Å². The molecule has 0 atom stereocenters. The van der Waals surface area contributed by atoms with Crippen LogP contribution in [0.4, 0.5) is 5.69 Å². The molecular formula is C21H23ClN2O3. The first-order valence-corrected chi connectivity index (χ1v) is 9.48. The van der Waals surface area contributed by atoms with E-state index in [1.807, 2.05) is 4.90 Å². The van der Waals surface area contributed by atoms with Gasteiger partial charge in [0.25, 0.3) is 11.8 Å². The summed E-state index contributed by atoms with van der Waals surface area (Å²) in [6.07, 6.45) is 2.01. The Morgan fingerprint density at radius 1 is 1.11 bits per heavy atom. The molecule has 0 spiro atoms. The number of amides is 2. The highest BCUT2D eigenvalue weighted by Gasteiger charge is 2.23. The minimum absolute atomic E-state index is 0.0511. The van der Waals surface area contributed by atoms with Gasteiger partial charge in [0.1, 0.15) is 5.75 Å². The van der Waals surface area contributed by atoms with Crippen LogP contribution in [0.2, 0.25) is 5.02 Å². The van der Waals surface area contributed by atoms with Gasteiger partial charge in [0, 0.05) is 13.1 Å². The largest absolute Gasteiger partial charge is 0.482 e. The van der Waals surface area contributed by atoms with E-state index in [4.69, 9.17) is 16.3 Å². The molecule has 1 saturated heterocycles. The van der Waals surface area contributed by atoms with Crippen molar-refractivity contribution in [1.82, 2.24) is 4.90 Å². The first-order chi connectivity index (χ1) is 13.0. The highest BCUT2D eigenvalue weighted by atomic mass is 35.5. The number of piperidine rings is 1. The standard InChI is InChI=1S/C21H23ClN2O3/c1-15-10-12-24(13-11-15)21(26)16-6-2-4-8-18(16)23-20(25)14-27-19-9-5-3-7-17(19)22/h2-9,15H,10-14H2,1H3,(H,23,25). The fourth-order valence-electron chi connectivity index (χ4n) is 3.05. The maximum absolute atomic E-state index is 12.9. The SMILES string of the molecule is CC1CCN(C(=O)c2ccccc2NC(=O)COc2ccccc2Cl)CC1. The zero-order valence-corrected chi connectivity index (χ0v) is 16.0. The normalized spacial score (nSPS) is 14.7. The monoisotopic (exact) mass is 386 g/mol. The third kappa shape index (κ3) is 5.01. The molecule has 0 unspecified atom stereocenters. The van der Waals surface area contributed by atoms with Crippen LogP contribution in [0.3, 0.4) is 0 Å². The lowest BCUT2D eigenvalue weighted by Gasteiger charge is -2.30. The molecule has 2 aromatic carbocycles. The minimum atomic E-state index is -0.345. The quantitative estimate of drug-likeness (QED) is 0.836. The van der Waals surface area contributed by atoms with Crippen molar-refractivity contribution in [3.05, 3.63) is 59.1 Å². The number of likely N-dealkylation sites (tertiary alicyclic amines) is 1. The van der Waals surface area contributed by atoms with E-state index in [1.165, 1.54) is 0 Å². The highest BCUT2D eigenvalue weighted by molar-refractivity contribution is 6.32. The fourth-order valence-corrected chi connectivity index (χ4v) is 3.24. The number of halogens is 1. The molecule has 1 aliphatic heterocycles. The molecule has 0 aliphatic carbocycles. The smallest absolute Gasteiger partial charge is 0.262 e. The second kappa shape index (κ2) is 8.91. The van der Waals surface area contributed by atoms with Crippen LogP contribution in [0.25, 0.3) is 0 Å². The molecule has 1 N–H and O–H groups in total. The van der Waals surface area contributed by atoms with Crippen LogP contribution < -0.4 is 10.1 Å². The van der Waals surface area contributed by atoms with Gasteiger partial charge in [-0.15, -0.1) is 0 Å². The van der Waals surface area contributed by atoms with E-state index in [0.717, 1.165) is 25.9 Å². The van der Waals surface area contributed by atoms with E-state index < -0.39 is 0 Å². The lowest BCUT2D eigenvalue weighted by atomic mass is 9.98. The molecule has 1 heterocycles. The number of hydrogen-bond acceptors (Lipinski definition) is 3. The van der Waals surface area contributed by atoms with Gasteiger partial charge in [-0.1, -0.05) is 42.8 Å². The molecule has 0 bridgehead atoms. The third-order valence-electron chi connectivity index (χ3n) is 4.70. The highest BCUT2D eigenvalue weighted by Crippen LogP contribution is 2.24. The summed E-state index contributed by atoms with van der Waals surface area (Å²) in [6, 6.07) is 14.0. The zero-order valence-electron chi connectivity index (χ0n) is 15.3. The Kier molecular flexibility index (Phi) is 6.35. The first-order valence-electron chi connectivity index (χ1n) is 9.10. The number of carbonyl (C=O) groups excluding carboxylic acids is 2. The molecule has 5 nitrogen and oxygen atoms in total. The molecule has 27 heavy (non-hydrogen) atoms. The molecule has 142 valence electrons. The van der Waals surface area contributed by atoms with Crippen molar-refractivity contribution >= 4 is 29.1 Å². The lowest BCUT2D eigenvalue weighted by molar-refractivity contribution is -0.118. The summed E-state index contributed by atoms with van der Waals surface area (Å²) in [5.41, 5.74) is 0.993. The fraction of sp³-hybridized carbons (Fsp3) is 0.333. The van der Waals surface area contributed by atoms with Crippen LogP contribution in [0.1, 0.15) is 30.1 Å². The Morgan fingerprint density at radius 3 is 2.52 bits per heavy atom. The number of nitrogens with one attached hydrogen (secondary N) is 1. The van der Waals surface area contributed by atoms with Crippen LogP contribution in [0.15, 0.2) is 48.5 Å². The molecule has 2 aromatic rings. The van der Waals surface area contributed by atoms with Crippen LogP contribution in [-0.4, -0.2) is 36.4 Å². The molecule has 1 aliphatic rings. The molecular weight excluding hydrogens is 364 g/mol. The van der Waals surface area contributed by atoms with E-state index in [2.05, 4.69) is 12.2 Å². The van der Waals surface area contributed by atoms with E-state index in [9.17, 15) is 9.59 Å². The second-order valence-electron chi connectivity index (χ2n) is 6.79. The first kappa shape index (κ1) is 19.2. The van der Waals surface area contributed by atoms with Crippen LogP contribution in [-0.2, 0) is 4.79 Å². The number of hydrogen-bond donors (Lipinski definition) is 1. The van der Waals surface area contributed by atoms with E-state index >= 15 is 0 Å². The van der Waals surface area contributed by atoms with Crippen molar-refractivity contribution in [1.29, 1.82) is 0 Å². The molecule has 0 aromatic heterocycles. The Bertz CT molecular complexity index is 817. The van der Waals surface area contributed by atoms with Crippen molar-refractivity contribution in [2.75, 3.05) is 25.0 Å². The number of rotatable bonds is 5. The van der Waals surface area contributed by atoms with E-state index in [-0.39, 0.29) is 18.4 Å². The minimum Gasteiger partial charge on any atom is -0.482 e. The number of nitrogens with zero attached hydrogens (tertiary/aromatic N) is 1. The van der Waals surface area contributed by atoms with E-state index in [0.29, 0.717) is 27.9 Å². The second-order valence-corrected chi connectivity index (χ2v) is 7.19. The maximum atomic E-state index is 12.9. The van der Waals surface area contributed by atoms with Crippen LogP contribution in [0, 0.1) is 5.92 Å². The maximum Gasteiger partial charge on any atom is 0.262 e. The van der Waals surface area contributed by atoms with Crippen molar-refractivity contribution in [2.45, 2.75) is 19.8 Å². The van der Waals surface area contributed by atoms with Gasteiger partial charge in [-0.3, -0.25) is 9.59 Å². The van der Waals surface area contributed by atoms with Crippen molar-refractivity contribution in [3.8, 4) is 5.75 Å². The van der Waals surface area contributed by atoms with Crippen molar-refractivity contribution < 1.29 is 14.3 Å². The summed E-state index contributed by atoms with van der Waals surface area (Å²) in [4.78, 5) is 27.0. The molecule has 2 amide bonds. The van der Waals surface area contributed by atoms with E-state index in [1.54, 1.807) is 48.5 Å². The van der Waals surface area contributed by atoms with Crippen LogP contribution in [0.5, 0.6) is 5.75 Å². The van der Waals surface area contributed by atoms with Gasteiger partial charge < -0.3 is 15.0 Å². The molecule has 3 rings (SSSR count). The van der Waals surface area contributed by atoms with Crippen LogP contribution >= 0.6 is 11.6 Å². The molecule has 6 heteroatoms. The van der Waals surface area contributed by atoms with Gasteiger partial charge >= 0.3 is 0 Å². The molecule has 0 radical (unpaired) electrons. The summed E-state index contributed by atoms with van der Waals surface area (Å²) in [6.45, 7) is 3.51. The lowest BCUT2D eigenvalue weighted by Crippen LogP contribution is -2.38. The predicted octanol–water partition coefficient (Wildman–Crippen LogP) is 4.23. The topological polar surface area (TPSA) is 58.6 Å². The van der Waals surface area contributed by atoms with Gasteiger partial charge in [0.15, 0.2) is 6.61 Å². The average Bonchev–Trinajstić information content (AvgIpc) is 2.68. The average molecular weight is 387 g/mol. The Balaban J connectivity index is 1.64. The molecule has 1 fully saturated rings. The Morgan fingerprint density at radius 2 is 1.78 bits per heavy atom. The number of anilines is 1. The summed E-state index contributed by atoms with van der Waals surface area (Å²) in [5.74, 6) is 0.694. The van der Waals surface area contributed by atoms with Gasteiger partial charge in [0.2, 0.25) is 0 Å². The number of benzene rings is 2. The van der Waals surface area contributed by atoms with Crippen molar-refractivity contribution in [2.24, 2.45) is 5.92 Å². The van der Waals surface area contributed by atoms with Gasteiger partial charge in [-0.25, -0.2) is 0 Å². The number of carbonyl (C=O) groups is 2. The number of para-hydroxylation sites is 2. The van der Waals surface area contributed by atoms with Gasteiger partial charge in [0.05, 0.1) is 16.3 Å². The molecule has 0 saturated carbocycles. The van der Waals surface area contributed by atoms with Gasteiger partial charge in [-0.05, 0) is 43.0 Å². The van der Waals surface area contributed by atoms with Crippen molar-refractivity contribution in [3.63, 3.8) is 0 Å². The zero-order chi connectivity index (χ0) is 19.2. The summed E-state index contributed by atoms with van der Waals surface area (Å²) in [5, 5.41) is 3.22. The summed E-state index contributed by atoms with van der Waals surface area (Å²) in [7, 11) is 0. The third-order valence-corrected chi connectivity index (χ3v) is 5.01. The predicted molar refractivity (Wildman–Crippen MR) is 106 cm³/mol. The summed E-state index contributed by atoms with van der Waals surface area (Å²) >= 11 is 6.02. The Labute approximate surface area is 164 Å².